The maximum atomic E-state index is 2.45. The quantitative estimate of drug-likeness (QED) is 0.570. The van der Waals surface area contributed by atoms with Crippen LogP contribution in [0.3, 0.4) is 0 Å². The zero-order valence-corrected chi connectivity index (χ0v) is 10.8. The van der Waals surface area contributed by atoms with Crippen molar-refractivity contribution in [1.29, 1.82) is 0 Å². The first kappa shape index (κ1) is 13.1. The lowest BCUT2D eigenvalue weighted by Crippen LogP contribution is -2.11. The van der Waals surface area contributed by atoms with E-state index in [0.29, 0.717) is 0 Å². The Kier molecular flexibility index (Phi) is 6.58. The number of allylic oxidation sites excluding steroid dienone is 2. The van der Waals surface area contributed by atoms with Crippen molar-refractivity contribution < 1.29 is 0 Å². The minimum Gasteiger partial charge on any atom is -0.246 e. The molecule has 1 heteroatoms. The summed E-state index contributed by atoms with van der Waals surface area (Å²) in [7, 11) is -0.312. The van der Waals surface area contributed by atoms with Crippen LogP contribution in [-0.4, -0.2) is 24.0 Å². The monoisotopic (exact) mass is 202 g/mol. The summed E-state index contributed by atoms with van der Waals surface area (Å²) in [5.41, 5.74) is 0. The van der Waals surface area contributed by atoms with Gasteiger partial charge >= 0.3 is 0 Å². The van der Waals surface area contributed by atoms with Gasteiger partial charge in [-0.05, 0) is 42.8 Å². The Balaban J connectivity index is 4.04. The maximum absolute atomic E-state index is 2.45. The molecule has 1 unspecified atom stereocenters. The SMILES string of the molecule is CCC=CC(CC)CS(C)(C)CC. The summed E-state index contributed by atoms with van der Waals surface area (Å²) in [5, 5.41) is 0. The minimum absolute atomic E-state index is 0.312. The van der Waals surface area contributed by atoms with Crippen molar-refractivity contribution in [2.24, 2.45) is 5.92 Å². The van der Waals surface area contributed by atoms with Crippen molar-refractivity contribution in [2.75, 3.05) is 24.0 Å². The average Bonchev–Trinajstić information content (AvgIpc) is 2.12. The number of rotatable bonds is 6. The molecular weight excluding hydrogens is 176 g/mol. The first-order chi connectivity index (χ1) is 6.05. The van der Waals surface area contributed by atoms with Gasteiger partial charge in [0.15, 0.2) is 0 Å². The molecule has 0 spiro atoms. The topological polar surface area (TPSA) is 0 Å². The summed E-state index contributed by atoms with van der Waals surface area (Å²) in [6.45, 7) is 6.84. The van der Waals surface area contributed by atoms with E-state index < -0.39 is 0 Å². The molecule has 80 valence electrons. The van der Waals surface area contributed by atoms with Crippen LogP contribution in [0.15, 0.2) is 12.2 Å². The first-order valence-corrected chi connectivity index (χ1v) is 8.19. The van der Waals surface area contributed by atoms with Gasteiger partial charge in [-0.15, -0.1) is 0 Å². The minimum atomic E-state index is -0.312. The van der Waals surface area contributed by atoms with E-state index in [-0.39, 0.29) is 10.0 Å². The van der Waals surface area contributed by atoms with Crippen molar-refractivity contribution in [2.45, 2.75) is 33.6 Å². The third-order valence-electron chi connectivity index (χ3n) is 2.62. The van der Waals surface area contributed by atoms with Crippen LogP contribution in [0.4, 0.5) is 0 Å². The lowest BCUT2D eigenvalue weighted by Gasteiger charge is -2.32. The highest BCUT2D eigenvalue weighted by Crippen LogP contribution is 2.41. The highest BCUT2D eigenvalue weighted by molar-refractivity contribution is 8.32. The largest absolute Gasteiger partial charge is 0.246 e. The highest BCUT2D eigenvalue weighted by atomic mass is 32.3. The average molecular weight is 202 g/mol. The lowest BCUT2D eigenvalue weighted by atomic mass is 10.1. The molecular formula is C12H26S. The first-order valence-electron chi connectivity index (χ1n) is 5.41. The molecule has 0 aromatic rings. The molecule has 0 nitrogen and oxygen atoms in total. The summed E-state index contributed by atoms with van der Waals surface area (Å²) in [4.78, 5) is 0. The summed E-state index contributed by atoms with van der Waals surface area (Å²) in [6.07, 6.45) is 12.1. The van der Waals surface area contributed by atoms with Crippen LogP contribution >= 0.6 is 10.0 Å². The fourth-order valence-electron chi connectivity index (χ4n) is 1.34. The van der Waals surface area contributed by atoms with E-state index in [4.69, 9.17) is 0 Å². The zero-order chi connectivity index (χ0) is 10.3. The molecule has 0 rings (SSSR count). The fourth-order valence-corrected chi connectivity index (χ4v) is 3.08. The van der Waals surface area contributed by atoms with Crippen LogP contribution in [0, 0.1) is 5.92 Å². The van der Waals surface area contributed by atoms with Crippen molar-refractivity contribution in [3.63, 3.8) is 0 Å². The normalized spacial score (nSPS) is 16.4. The fraction of sp³-hybridized carbons (Fsp3) is 0.833. The van der Waals surface area contributed by atoms with Gasteiger partial charge in [0, 0.05) is 0 Å². The Hall–Kier alpha value is 0.0900. The van der Waals surface area contributed by atoms with Gasteiger partial charge in [0.1, 0.15) is 0 Å². The van der Waals surface area contributed by atoms with Gasteiger partial charge < -0.3 is 0 Å². The summed E-state index contributed by atoms with van der Waals surface area (Å²) in [5.74, 6) is 3.60. The van der Waals surface area contributed by atoms with E-state index in [1.54, 1.807) is 0 Å². The summed E-state index contributed by atoms with van der Waals surface area (Å²) in [6, 6.07) is 0. The van der Waals surface area contributed by atoms with Crippen molar-refractivity contribution in [3.05, 3.63) is 12.2 Å². The Morgan fingerprint density at radius 1 is 1.15 bits per heavy atom. The Morgan fingerprint density at radius 3 is 2.15 bits per heavy atom. The molecule has 0 radical (unpaired) electrons. The molecule has 0 bridgehead atoms. The van der Waals surface area contributed by atoms with Crippen LogP contribution in [0.2, 0.25) is 0 Å². The highest BCUT2D eigenvalue weighted by Gasteiger charge is 2.13. The van der Waals surface area contributed by atoms with E-state index in [9.17, 15) is 0 Å². The molecule has 0 amide bonds. The predicted molar refractivity (Wildman–Crippen MR) is 68.1 cm³/mol. The molecule has 0 aliphatic heterocycles. The third-order valence-corrected chi connectivity index (χ3v) is 5.51. The van der Waals surface area contributed by atoms with E-state index in [0.717, 1.165) is 5.92 Å². The Labute approximate surface area is 86.1 Å². The maximum Gasteiger partial charge on any atom is -0.0160 e. The van der Waals surface area contributed by atoms with Crippen LogP contribution in [0.25, 0.3) is 0 Å². The van der Waals surface area contributed by atoms with Gasteiger partial charge in [0.05, 0.1) is 0 Å². The number of hydrogen-bond acceptors (Lipinski definition) is 0. The molecule has 0 aromatic carbocycles. The molecule has 0 aliphatic carbocycles. The van der Waals surface area contributed by atoms with Crippen molar-refractivity contribution >= 4 is 10.0 Å². The predicted octanol–water partition coefficient (Wildman–Crippen LogP) is 4.06. The van der Waals surface area contributed by atoms with Crippen LogP contribution in [-0.2, 0) is 0 Å². The van der Waals surface area contributed by atoms with E-state index >= 15 is 0 Å². The zero-order valence-electron chi connectivity index (χ0n) is 9.97. The lowest BCUT2D eigenvalue weighted by molar-refractivity contribution is 0.703. The van der Waals surface area contributed by atoms with Gasteiger partial charge in [0.2, 0.25) is 0 Å². The second-order valence-corrected chi connectivity index (χ2v) is 8.67. The molecule has 0 aliphatic rings. The van der Waals surface area contributed by atoms with Crippen LogP contribution in [0.1, 0.15) is 33.6 Å². The van der Waals surface area contributed by atoms with Gasteiger partial charge in [-0.25, -0.2) is 10.0 Å². The second kappa shape index (κ2) is 6.53. The Morgan fingerprint density at radius 2 is 1.77 bits per heavy atom. The smallest absolute Gasteiger partial charge is 0.0160 e. The molecule has 0 N–H and O–H groups in total. The van der Waals surface area contributed by atoms with Crippen molar-refractivity contribution in [1.82, 2.24) is 0 Å². The second-order valence-electron chi connectivity index (χ2n) is 4.23. The standard InChI is InChI=1S/C12H26S/c1-6-9-10-12(7-2)11-13(4,5)8-3/h9-10,12H,6-8,11H2,1-5H3. The molecule has 0 fully saturated rings. The Bertz CT molecular complexity index is 147. The van der Waals surface area contributed by atoms with Crippen molar-refractivity contribution in [3.8, 4) is 0 Å². The molecule has 0 aromatic heterocycles. The third kappa shape index (κ3) is 6.20. The van der Waals surface area contributed by atoms with Gasteiger partial charge in [0.25, 0.3) is 0 Å². The van der Waals surface area contributed by atoms with Crippen LogP contribution < -0.4 is 0 Å². The molecule has 0 saturated carbocycles. The van der Waals surface area contributed by atoms with E-state index in [1.807, 2.05) is 0 Å². The van der Waals surface area contributed by atoms with E-state index in [1.165, 1.54) is 24.3 Å². The molecule has 1 atom stereocenters. The number of hydrogen-bond donors (Lipinski definition) is 0. The molecule has 0 heterocycles. The van der Waals surface area contributed by atoms with E-state index in [2.05, 4.69) is 45.4 Å². The van der Waals surface area contributed by atoms with Gasteiger partial charge in [-0.2, -0.15) is 0 Å². The van der Waals surface area contributed by atoms with Gasteiger partial charge in [-0.1, -0.05) is 32.9 Å². The van der Waals surface area contributed by atoms with Crippen LogP contribution in [0.5, 0.6) is 0 Å². The van der Waals surface area contributed by atoms with Gasteiger partial charge in [-0.3, -0.25) is 0 Å². The molecule has 0 saturated heterocycles. The summed E-state index contributed by atoms with van der Waals surface area (Å²) >= 11 is 0. The molecule has 13 heavy (non-hydrogen) atoms. The summed E-state index contributed by atoms with van der Waals surface area (Å²) < 4.78 is 0.